The summed E-state index contributed by atoms with van der Waals surface area (Å²) in [5, 5.41) is 30.8. The van der Waals surface area contributed by atoms with Crippen molar-refractivity contribution < 1.29 is 0 Å². The molecule has 0 aromatic rings. The van der Waals surface area contributed by atoms with Crippen molar-refractivity contribution in [3.8, 4) is 24.3 Å². The number of nitrogens with zero attached hydrogens (tertiary/aromatic N) is 4. The van der Waals surface area contributed by atoms with E-state index in [0.717, 1.165) is 0 Å². The molecule has 0 saturated heterocycles. The minimum Gasteiger partial charge on any atom is -0.198 e. The fourth-order valence-electron chi connectivity index (χ4n) is 0.147. The molecule has 0 unspecified atom stereocenters. The third-order valence-electron chi connectivity index (χ3n) is 0.507. The first kappa shape index (κ1) is 11.7. The minimum atomic E-state index is 0. The standard InChI is InChI=1S/C4H4N2.C3H2N2/c5-3-1-2-4-6;4-2-1-3-5/h1-2H2;1H2. The summed E-state index contributed by atoms with van der Waals surface area (Å²) in [6.45, 7) is 0. The van der Waals surface area contributed by atoms with Crippen molar-refractivity contribution in [2.24, 2.45) is 0 Å². The maximum Gasteiger partial charge on any atom is 0.122 e. The van der Waals surface area contributed by atoms with Gasteiger partial charge in [0.1, 0.15) is 6.42 Å². The van der Waals surface area contributed by atoms with Crippen LogP contribution in [0.1, 0.15) is 19.3 Å². The fourth-order valence-corrected chi connectivity index (χ4v) is 0.147. The van der Waals surface area contributed by atoms with Gasteiger partial charge in [0, 0.05) is 12.8 Å². The Hall–Kier alpha value is -2.04. The van der Waals surface area contributed by atoms with Crippen LogP contribution in [-0.4, -0.2) is 0 Å². The zero-order valence-electron chi connectivity index (χ0n) is 5.91. The molecular weight excluding hydrogens is 140 g/mol. The van der Waals surface area contributed by atoms with Gasteiger partial charge in [-0.25, -0.2) is 0 Å². The van der Waals surface area contributed by atoms with Gasteiger partial charge in [0.15, 0.2) is 0 Å². The SMILES string of the molecule is N#CCC#N.N#CCCC#N. The number of unbranched alkanes of at least 4 members (excludes halogenated alkanes) is 1. The Morgan fingerprint density at radius 2 is 1.00 bits per heavy atom. The lowest BCUT2D eigenvalue weighted by Gasteiger charge is -1.63. The molecule has 0 aliphatic heterocycles. The molecule has 0 aromatic carbocycles. The van der Waals surface area contributed by atoms with Gasteiger partial charge in [-0.15, -0.1) is 0 Å². The maximum absolute atomic E-state index is 7.80. The predicted molar refractivity (Wildman–Crippen MR) is 36.3 cm³/mol. The van der Waals surface area contributed by atoms with Crippen molar-refractivity contribution in [2.75, 3.05) is 0 Å². The molecule has 54 valence electrons. The van der Waals surface area contributed by atoms with Crippen LogP contribution in [0.3, 0.4) is 0 Å². The third-order valence-corrected chi connectivity index (χ3v) is 0.507. The van der Waals surface area contributed by atoms with Crippen molar-refractivity contribution in [1.29, 1.82) is 21.0 Å². The summed E-state index contributed by atoms with van der Waals surface area (Å²) in [5.74, 6) is 0. The van der Waals surface area contributed by atoms with E-state index < -0.39 is 0 Å². The highest BCUT2D eigenvalue weighted by atomic mass is 14.3. The summed E-state index contributed by atoms with van der Waals surface area (Å²) in [5.41, 5.74) is 0. The first-order valence-electron chi connectivity index (χ1n) is 2.81. The van der Waals surface area contributed by atoms with Crippen LogP contribution < -0.4 is 0 Å². The highest BCUT2D eigenvalue weighted by Crippen LogP contribution is 1.78. The summed E-state index contributed by atoms with van der Waals surface area (Å²) in [4.78, 5) is 0. The molecule has 4 heteroatoms. The molecule has 0 aliphatic rings. The summed E-state index contributed by atoms with van der Waals surface area (Å²) >= 11 is 0. The smallest absolute Gasteiger partial charge is 0.122 e. The van der Waals surface area contributed by atoms with Crippen LogP contribution in [0, 0.1) is 45.3 Å². The average Bonchev–Trinajstić information content (AvgIpc) is 2.04. The Balaban J connectivity index is 0. The Labute approximate surface area is 65.5 Å². The monoisotopic (exact) mass is 146 g/mol. The molecule has 0 amide bonds. The van der Waals surface area contributed by atoms with Crippen LogP contribution in [-0.2, 0) is 0 Å². The molecule has 0 fully saturated rings. The summed E-state index contributed by atoms with van der Waals surface area (Å²) in [7, 11) is 0. The van der Waals surface area contributed by atoms with E-state index in [1.807, 2.05) is 12.1 Å². The van der Waals surface area contributed by atoms with E-state index in [9.17, 15) is 0 Å². The zero-order chi connectivity index (χ0) is 8.95. The largest absolute Gasteiger partial charge is 0.198 e. The predicted octanol–water partition coefficient (Wildman–Crippen LogP) is 1.24. The van der Waals surface area contributed by atoms with Crippen molar-refractivity contribution in [1.82, 2.24) is 0 Å². The minimum absolute atomic E-state index is 0. The second-order valence-electron chi connectivity index (χ2n) is 1.31. The lowest BCUT2D eigenvalue weighted by Crippen LogP contribution is -1.58. The van der Waals surface area contributed by atoms with Gasteiger partial charge in [-0.1, -0.05) is 0 Å². The number of rotatable bonds is 1. The summed E-state index contributed by atoms with van der Waals surface area (Å²) in [6.07, 6.45) is 0.715. The Morgan fingerprint density at radius 1 is 0.636 bits per heavy atom. The van der Waals surface area contributed by atoms with Crippen LogP contribution >= 0.6 is 0 Å². The molecule has 0 atom stereocenters. The van der Waals surface area contributed by atoms with E-state index in [1.165, 1.54) is 0 Å². The Morgan fingerprint density at radius 3 is 1.09 bits per heavy atom. The maximum atomic E-state index is 7.80. The molecule has 0 saturated carbocycles. The van der Waals surface area contributed by atoms with E-state index in [4.69, 9.17) is 21.0 Å². The van der Waals surface area contributed by atoms with Crippen molar-refractivity contribution in [3.63, 3.8) is 0 Å². The Bertz CT molecular complexity index is 203. The van der Waals surface area contributed by atoms with Crippen LogP contribution in [0.25, 0.3) is 0 Å². The molecule has 0 aromatic heterocycles. The number of hydrogen-bond acceptors (Lipinski definition) is 4. The van der Waals surface area contributed by atoms with Gasteiger partial charge in [0.05, 0.1) is 24.3 Å². The highest BCUT2D eigenvalue weighted by molar-refractivity contribution is 4.85. The molecule has 0 aliphatic carbocycles. The van der Waals surface area contributed by atoms with Gasteiger partial charge in [-0.05, 0) is 0 Å². The summed E-state index contributed by atoms with van der Waals surface area (Å²) in [6, 6.07) is 7.00. The molecule has 0 rings (SSSR count). The van der Waals surface area contributed by atoms with Crippen LogP contribution in [0.5, 0.6) is 0 Å². The van der Waals surface area contributed by atoms with Crippen molar-refractivity contribution >= 4 is 0 Å². The van der Waals surface area contributed by atoms with Gasteiger partial charge < -0.3 is 0 Å². The van der Waals surface area contributed by atoms with E-state index in [1.54, 1.807) is 12.1 Å². The van der Waals surface area contributed by atoms with Gasteiger partial charge in [0.25, 0.3) is 0 Å². The lowest BCUT2D eigenvalue weighted by molar-refractivity contribution is 1.07. The van der Waals surface area contributed by atoms with Crippen LogP contribution in [0.4, 0.5) is 0 Å². The van der Waals surface area contributed by atoms with Crippen molar-refractivity contribution in [3.05, 3.63) is 0 Å². The molecule has 0 bridgehead atoms. The van der Waals surface area contributed by atoms with E-state index in [2.05, 4.69) is 0 Å². The number of nitriles is 4. The number of hydrogen-bond donors (Lipinski definition) is 0. The quantitative estimate of drug-likeness (QED) is 0.520. The molecule has 0 heterocycles. The second kappa shape index (κ2) is 15.7. The molecular formula is C7H6N4. The molecule has 0 radical (unpaired) electrons. The van der Waals surface area contributed by atoms with Crippen LogP contribution in [0.2, 0.25) is 0 Å². The molecule has 0 spiro atoms. The second-order valence-corrected chi connectivity index (χ2v) is 1.31. The third kappa shape index (κ3) is 32.3. The average molecular weight is 146 g/mol. The van der Waals surface area contributed by atoms with E-state index >= 15 is 0 Å². The lowest BCUT2D eigenvalue weighted by atomic mass is 10.4. The topological polar surface area (TPSA) is 95.2 Å². The summed E-state index contributed by atoms with van der Waals surface area (Å²) < 4.78 is 0. The van der Waals surface area contributed by atoms with Gasteiger partial charge >= 0.3 is 0 Å². The normalized spacial score (nSPS) is 5.09. The fraction of sp³-hybridized carbons (Fsp3) is 0.429. The first-order valence-corrected chi connectivity index (χ1v) is 2.81. The van der Waals surface area contributed by atoms with Gasteiger partial charge in [-0.3, -0.25) is 0 Å². The first-order chi connectivity index (χ1) is 5.33. The van der Waals surface area contributed by atoms with Crippen molar-refractivity contribution in [2.45, 2.75) is 19.3 Å². The van der Waals surface area contributed by atoms with Crippen LogP contribution in [0.15, 0.2) is 0 Å². The Kier molecular flexibility index (Phi) is 16.7. The van der Waals surface area contributed by atoms with E-state index in [0.29, 0.717) is 12.8 Å². The zero-order valence-corrected chi connectivity index (χ0v) is 5.91. The molecule has 0 N–H and O–H groups in total. The van der Waals surface area contributed by atoms with E-state index in [-0.39, 0.29) is 6.42 Å². The van der Waals surface area contributed by atoms with Gasteiger partial charge in [0.2, 0.25) is 0 Å². The highest BCUT2D eigenvalue weighted by Gasteiger charge is 1.72. The molecule has 11 heavy (non-hydrogen) atoms. The van der Waals surface area contributed by atoms with Gasteiger partial charge in [-0.2, -0.15) is 21.0 Å². The molecule has 4 nitrogen and oxygen atoms in total.